The molecule has 1 aliphatic heterocycles. The fourth-order valence-corrected chi connectivity index (χ4v) is 3.64. The third-order valence-electron chi connectivity index (χ3n) is 3.11. The van der Waals surface area contributed by atoms with E-state index in [0.29, 0.717) is 19.7 Å². The van der Waals surface area contributed by atoms with Crippen molar-refractivity contribution in [3.63, 3.8) is 0 Å². The van der Waals surface area contributed by atoms with Crippen molar-refractivity contribution in [2.75, 3.05) is 19.7 Å². The summed E-state index contributed by atoms with van der Waals surface area (Å²) >= 11 is 0. The van der Waals surface area contributed by atoms with Crippen molar-refractivity contribution in [3.05, 3.63) is 29.8 Å². The monoisotopic (exact) mass is 298 g/mol. The number of hydroxylamine groups is 1. The first-order valence-electron chi connectivity index (χ1n) is 6.58. The number of hydrogen-bond donors (Lipinski definition) is 1. The van der Waals surface area contributed by atoms with Gasteiger partial charge in [-0.25, -0.2) is 13.9 Å². The van der Waals surface area contributed by atoms with E-state index in [9.17, 15) is 13.2 Å². The molecule has 0 spiro atoms. The predicted octanol–water partition coefficient (Wildman–Crippen LogP) is 1.15. The molecule has 0 atom stereocenters. The molecule has 110 valence electrons. The third kappa shape index (κ3) is 3.17. The van der Waals surface area contributed by atoms with Gasteiger partial charge >= 0.3 is 0 Å². The van der Waals surface area contributed by atoms with Crippen LogP contribution in [0.3, 0.4) is 0 Å². The lowest BCUT2D eigenvalue weighted by Gasteiger charge is -2.15. The average molecular weight is 298 g/mol. The van der Waals surface area contributed by atoms with Crippen LogP contribution in [-0.4, -0.2) is 38.3 Å². The molecule has 2 rings (SSSR count). The Kier molecular flexibility index (Phi) is 4.74. The zero-order valence-corrected chi connectivity index (χ0v) is 12.1. The number of benzene rings is 1. The van der Waals surface area contributed by atoms with E-state index < -0.39 is 15.9 Å². The van der Waals surface area contributed by atoms with Crippen LogP contribution >= 0.6 is 0 Å². The van der Waals surface area contributed by atoms with Crippen LogP contribution in [0.15, 0.2) is 29.2 Å². The molecule has 0 aliphatic carbocycles. The quantitative estimate of drug-likeness (QED) is 0.827. The summed E-state index contributed by atoms with van der Waals surface area (Å²) in [6.45, 7) is 3.17. The topological polar surface area (TPSA) is 75.7 Å². The minimum absolute atomic E-state index is 0.142. The summed E-state index contributed by atoms with van der Waals surface area (Å²) in [5.74, 6) is -0.453. The van der Waals surface area contributed by atoms with E-state index in [1.54, 1.807) is 19.1 Å². The van der Waals surface area contributed by atoms with Gasteiger partial charge in [0.15, 0.2) is 0 Å². The van der Waals surface area contributed by atoms with Crippen LogP contribution in [0.25, 0.3) is 0 Å². The first-order chi connectivity index (χ1) is 9.55. The lowest BCUT2D eigenvalue weighted by Crippen LogP contribution is -2.28. The van der Waals surface area contributed by atoms with Gasteiger partial charge in [0.25, 0.3) is 5.91 Å². The van der Waals surface area contributed by atoms with Crippen LogP contribution in [0.4, 0.5) is 0 Å². The van der Waals surface area contributed by atoms with Crippen LogP contribution in [-0.2, 0) is 14.9 Å². The Bertz CT molecular complexity index is 580. The highest BCUT2D eigenvalue weighted by atomic mass is 32.2. The minimum atomic E-state index is -3.50. The molecule has 20 heavy (non-hydrogen) atoms. The molecule has 1 heterocycles. The molecule has 0 bridgehead atoms. The van der Waals surface area contributed by atoms with Crippen LogP contribution in [0.5, 0.6) is 0 Å². The lowest BCUT2D eigenvalue weighted by molar-refractivity contribution is 0.0364. The number of nitrogens with zero attached hydrogens (tertiary/aromatic N) is 1. The Labute approximate surface area is 118 Å². The smallest absolute Gasteiger partial charge is 0.274 e. The van der Waals surface area contributed by atoms with E-state index in [2.05, 4.69) is 5.48 Å². The second-order valence-corrected chi connectivity index (χ2v) is 6.44. The zero-order chi connectivity index (χ0) is 14.6. The summed E-state index contributed by atoms with van der Waals surface area (Å²) in [5.41, 5.74) is 2.51. The molecule has 0 unspecified atom stereocenters. The summed E-state index contributed by atoms with van der Waals surface area (Å²) in [5, 5.41) is 0. The molecule has 1 aliphatic rings. The molecule has 0 aromatic heterocycles. The molecule has 1 aromatic carbocycles. The number of sulfonamides is 1. The highest BCUT2D eigenvalue weighted by molar-refractivity contribution is 7.89. The van der Waals surface area contributed by atoms with Gasteiger partial charge in [-0.15, -0.1) is 0 Å². The maximum absolute atomic E-state index is 12.4. The maximum atomic E-state index is 12.4. The standard InChI is InChI=1S/C13H18N2O4S/c1-2-19-14-13(16)11-6-5-7-12(10-11)20(17,18)15-8-3-4-9-15/h5-7,10H,2-4,8-9H2,1H3,(H,14,16). The molecule has 1 fully saturated rings. The zero-order valence-electron chi connectivity index (χ0n) is 11.3. The van der Waals surface area contributed by atoms with Gasteiger partial charge in [-0.3, -0.25) is 9.63 Å². The molecule has 6 nitrogen and oxygen atoms in total. The van der Waals surface area contributed by atoms with Crippen molar-refractivity contribution in [1.29, 1.82) is 0 Å². The summed E-state index contributed by atoms with van der Waals surface area (Å²) in [6, 6.07) is 5.99. The minimum Gasteiger partial charge on any atom is -0.274 e. The summed E-state index contributed by atoms with van der Waals surface area (Å²) in [4.78, 5) is 16.7. The Morgan fingerprint density at radius 2 is 2.05 bits per heavy atom. The average Bonchev–Trinajstić information content (AvgIpc) is 2.99. The molecule has 0 radical (unpaired) electrons. The van der Waals surface area contributed by atoms with Crippen molar-refractivity contribution in [3.8, 4) is 0 Å². The molecule has 1 aromatic rings. The molecule has 1 N–H and O–H groups in total. The van der Waals surface area contributed by atoms with Crippen molar-refractivity contribution < 1.29 is 18.0 Å². The number of rotatable bonds is 5. The van der Waals surface area contributed by atoms with Gasteiger partial charge in [0.05, 0.1) is 11.5 Å². The lowest BCUT2D eigenvalue weighted by atomic mass is 10.2. The van der Waals surface area contributed by atoms with E-state index in [0.717, 1.165) is 12.8 Å². The van der Waals surface area contributed by atoms with Gasteiger partial charge in [-0.1, -0.05) is 6.07 Å². The van der Waals surface area contributed by atoms with E-state index in [1.807, 2.05) is 0 Å². The molecule has 1 amide bonds. The van der Waals surface area contributed by atoms with Crippen LogP contribution in [0, 0.1) is 0 Å². The van der Waals surface area contributed by atoms with E-state index in [-0.39, 0.29) is 10.5 Å². The van der Waals surface area contributed by atoms with Gasteiger partial charge in [-0.2, -0.15) is 4.31 Å². The van der Waals surface area contributed by atoms with Crippen molar-refractivity contribution in [1.82, 2.24) is 9.79 Å². The van der Waals surface area contributed by atoms with Gasteiger partial charge < -0.3 is 0 Å². The fraction of sp³-hybridized carbons (Fsp3) is 0.462. The molecule has 1 saturated heterocycles. The Hall–Kier alpha value is -1.44. The van der Waals surface area contributed by atoms with Gasteiger partial charge in [0.2, 0.25) is 10.0 Å². The molecular formula is C13H18N2O4S. The van der Waals surface area contributed by atoms with Crippen molar-refractivity contribution in [2.45, 2.75) is 24.7 Å². The second-order valence-electron chi connectivity index (χ2n) is 4.50. The summed E-state index contributed by atoms with van der Waals surface area (Å²) < 4.78 is 26.2. The second kappa shape index (κ2) is 6.34. The van der Waals surface area contributed by atoms with Gasteiger partial charge in [0.1, 0.15) is 0 Å². The fourth-order valence-electron chi connectivity index (χ4n) is 2.07. The number of carbonyl (C=O) groups is 1. The highest BCUT2D eigenvalue weighted by Crippen LogP contribution is 2.21. The Morgan fingerprint density at radius 1 is 1.35 bits per heavy atom. The number of nitrogens with one attached hydrogen (secondary N) is 1. The van der Waals surface area contributed by atoms with E-state index in [4.69, 9.17) is 4.84 Å². The van der Waals surface area contributed by atoms with Crippen LogP contribution in [0.1, 0.15) is 30.1 Å². The first kappa shape index (κ1) is 15.0. The SMILES string of the molecule is CCONC(=O)c1cccc(S(=O)(=O)N2CCCC2)c1. The summed E-state index contributed by atoms with van der Waals surface area (Å²) in [6.07, 6.45) is 1.76. The Morgan fingerprint density at radius 3 is 2.70 bits per heavy atom. The van der Waals surface area contributed by atoms with Crippen molar-refractivity contribution >= 4 is 15.9 Å². The molecule has 0 saturated carbocycles. The van der Waals surface area contributed by atoms with Crippen molar-refractivity contribution in [2.24, 2.45) is 0 Å². The summed E-state index contributed by atoms with van der Waals surface area (Å²) in [7, 11) is -3.50. The highest BCUT2D eigenvalue weighted by Gasteiger charge is 2.27. The Balaban J connectivity index is 2.23. The third-order valence-corrected chi connectivity index (χ3v) is 5.00. The van der Waals surface area contributed by atoms with Crippen LogP contribution in [0.2, 0.25) is 0 Å². The molecule has 7 heteroatoms. The number of amides is 1. The maximum Gasteiger partial charge on any atom is 0.274 e. The number of hydrogen-bond acceptors (Lipinski definition) is 4. The van der Waals surface area contributed by atoms with E-state index >= 15 is 0 Å². The normalized spacial score (nSPS) is 16.2. The number of carbonyl (C=O) groups excluding carboxylic acids is 1. The largest absolute Gasteiger partial charge is 0.274 e. The van der Waals surface area contributed by atoms with Gasteiger partial charge in [-0.05, 0) is 38.0 Å². The first-order valence-corrected chi connectivity index (χ1v) is 8.02. The van der Waals surface area contributed by atoms with Gasteiger partial charge in [0, 0.05) is 18.7 Å². The van der Waals surface area contributed by atoms with E-state index in [1.165, 1.54) is 16.4 Å². The van der Waals surface area contributed by atoms with Crippen LogP contribution < -0.4 is 5.48 Å². The predicted molar refractivity (Wildman–Crippen MR) is 73.5 cm³/mol. The molecular weight excluding hydrogens is 280 g/mol.